The second-order valence-electron chi connectivity index (χ2n) is 3.65. The molecule has 1 aliphatic heterocycles. The van der Waals surface area contributed by atoms with E-state index in [1.165, 1.54) is 12.8 Å². The van der Waals surface area contributed by atoms with E-state index in [0.717, 1.165) is 25.6 Å². The van der Waals surface area contributed by atoms with Gasteiger partial charge in [0.15, 0.2) is 0 Å². The maximum atomic E-state index is 4.93. The minimum absolute atomic E-state index is 0.457. The molecule has 1 N–H and O–H groups in total. The van der Waals surface area contributed by atoms with Gasteiger partial charge in [0.25, 0.3) is 0 Å². The van der Waals surface area contributed by atoms with Crippen molar-refractivity contribution in [1.29, 1.82) is 0 Å². The van der Waals surface area contributed by atoms with Crippen molar-refractivity contribution in [3.05, 3.63) is 6.33 Å². The summed E-state index contributed by atoms with van der Waals surface area (Å²) in [6, 6.07) is 0.457. The van der Waals surface area contributed by atoms with Gasteiger partial charge in [-0.2, -0.15) is 4.98 Å². The van der Waals surface area contributed by atoms with Gasteiger partial charge in [0.2, 0.25) is 0 Å². The molecule has 1 aromatic heterocycles. The van der Waals surface area contributed by atoms with Crippen LogP contribution in [-0.4, -0.2) is 35.0 Å². The van der Waals surface area contributed by atoms with Crippen molar-refractivity contribution in [2.24, 2.45) is 5.92 Å². The average Bonchev–Trinajstić information content (AvgIpc) is 2.67. The highest BCUT2D eigenvalue weighted by molar-refractivity contribution is 4.86. The van der Waals surface area contributed by atoms with E-state index in [1.54, 1.807) is 13.4 Å². The third kappa shape index (κ3) is 2.23. The number of methoxy groups -OCH3 is 1. The van der Waals surface area contributed by atoms with Crippen LogP contribution in [0.4, 0.5) is 0 Å². The largest absolute Gasteiger partial charge is 0.466 e. The molecule has 5 heteroatoms. The highest BCUT2D eigenvalue weighted by Crippen LogP contribution is 2.13. The third-order valence-electron chi connectivity index (χ3n) is 2.60. The van der Waals surface area contributed by atoms with Crippen LogP contribution >= 0.6 is 0 Å². The van der Waals surface area contributed by atoms with E-state index in [9.17, 15) is 0 Å². The molecule has 0 saturated carbocycles. The summed E-state index contributed by atoms with van der Waals surface area (Å²) in [7, 11) is 1.59. The lowest BCUT2D eigenvalue weighted by molar-refractivity contribution is 0.314. The molecule has 0 unspecified atom stereocenters. The molecule has 0 aromatic carbocycles. The van der Waals surface area contributed by atoms with Crippen LogP contribution in [0.2, 0.25) is 0 Å². The summed E-state index contributed by atoms with van der Waals surface area (Å²) in [4.78, 5) is 4.01. The summed E-state index contributed by atoms with van der Waals surface area (Å²) in [5.41, 5.74) is 0. The second kappa shape index (κ2) is 4.41. The Bertz CT molecular complexity index is 280. The molecule has 0 atom stereocenters. The van der Waals surface area contributed by atoms with E-state index in [2.05, 4.69) is 15.4 Å². The van der Waals surface area contributed by atoms with Gasteiger partial charge in [-0.3, -0.25) is 0 Å². The maximum Gasteiger partial charge on any atom is 0.335 e. The van der Waals surface area contributed by atoms with Gasteiger partial charge in [-0.05, 0) is 31.8 Å². The van der Waals surface area contributed by atoms with E-state index >= 15 is 0 Å². The van der Waals surface area contributed by atoms with Crippen LogP contribution < -0.4 is 10.1 Å². The molecule has 0 amide bonds. The maximum absolute atomic E-state index is 4.93. The molecule has 2 rings (SSSR count). The first kappa shape index (κ1) is 9.45. The topological polar surface area (TPSA) is 52.0 Å². The van der Waals surface area contributed by atoms with Crippen molar-refractivity contribution < 1.29 is 4.74 Å². The van der Waals surface area contributed by atoms with Gasteiger partial charge in [0, 0.05) is 6.54 Å². The number of nitrogens with zero attached hydrogens (tertiary/aromatic N) is 3. The quantitative estimate of drug-likeness (QED) is 0.754. The number of rotatable bonds is 3. The summed E-state index contributed by atoms with van der Waals surface area (Å²) in [5.74, 6) is 0.725. The van der Waals surface area contributed by atoms with Crippen LogP contribution in [0.5, 0.6) is 6.01 Å². The van der Waals surface area contributed by atoms with E-state index < -0.39 is 0 Å². The molecular weight excluding hydrogens is 180 g/mol. The lowest BCUT2D eigenvalue weighted by atomic mass is 9.98. The summed E-state index contributed by atoms with van der Waals surface area (Å²) < 4.78 is 6.80. The van der Waals surface area contributed by atoms with E-state index in [-0.39, 0.29) is 0 Å². The second-order valence-corrected chi connectivity index (χ2v) is 3.65. The Kier molecular flexibility index (Phi) is 2.98. The molecule has 1 saturated heterocycles. The predicted octanol–water partition coefficient (Wildman–Crippen LogP) is 0.286. The van der Waals surface area contributed by atoms with Crippen LogP contribution in [-0.2, 0) is 6.54 Å². The molecule has 5 nitrogen and oxygen atoms in total. The molecule has 14 heavy (non-hydrogen) atoms. The number of ether oxygens (including phenoxy) is 1. The Hall–Kier alpha value is -1.10. The van der Waals surface area contributed by atoms with E-state index in [4.69, 9.17) is 4.74 Å². The van der Waals surface area contributed by atoms with Crippen LogP contribution in [0.1, 0.15) is 12.8 Å². The van der Waals surface area contributed by atoms with Gasteiger partial charge >= 0.3 is 6.01 Å². The molecule has 2 heterocycles. The van der Waals surface area contributed by atoms with Crippen molar-refractivity contribution in [3.8, 4) is 6.01 Å². The summed E-state index contributed by atoms with van der Waals surface area (Å²) in [6.45, 7) is 3.20. The van der Waals surface area contributed by atoms with Gasteiger partial charge in [-0.25, -0.2) is 4.68 Å². The van der Waals surface area contributed by atoms with Crippen molar-refractivity contribution in [2.75, 3.05) is 20.2 Å². The number of nitrogens with one attached hydrogen (secondary N) is 1. The van der Waals surface area contributed by atoms with Gasteiger partial charge in [0.1, 0.15) is 6.33 Å². The van der Waals surface area contributed by atoms with Crippen LogP contribution in [0.15, 0.2) is 6.33 Å². The number of hydrogen-bond acceptors (Lipinski definition) is 4. The normalized spacial score (nSPS) is 18.4. The Balaban J connectivity index is 1.89. The first-order valence-electron chi connectivity index (χ1n) is 5.02. The highest BCUT2D eigenvalue weighted by atomic mass is 16.5. The smallest absolute Gasteiger partial charge is 0.335 e. The number of hydrogen-bond donors (Lipinski definition) is 1. The lowest BCUT2D eigenvalue weighted by Crippen LogP contribution is -2.30. The van der Waals surface area contributed by atoms with Crippen molar-refractivity contribution >= 4 is 0 Å². The minimum Gasteiger partial charge on any atom is -0.466 e. The van der Waals surface area contributed by atoms with Crippen molar-refractivity contribution in [3.63, 3.8) is 0 Å². The summed E-state index contributed by atoms with van der Waals surface area (Å²) in [5, 5.41) is 7.53. The lowest BCUT2D eigenvalue weighted by Gasteiger charge is -2.21. The SMILES string of the molecule is COc1ncn(CC2CCNCC2)n1. The fraction of sp³-hybridized carbons (Fsp3) is 0.778. The molecule has 78 valence electrons. The van der Waals surface area contributed by atoms with Gasteiger partial charge < -0.3 is 10.1 Å². The van der Waals surface area contributed by atoms with E-state index in [1.807, 2.05) is 4.68 Å². The molecular formula is C9H16N4O. The van der Waals surface area contributed by atoms with Crippen molar-refractivity contribution in [1.82, 2.24) is 20.1 Å². The van der Waals surface area contributed by atoms with Gasteiger partial charge in [0.05, 0.1) is 7.11 Å². The third-order valence-corrected chi connectivity index (χ3v) is 2.60. The number of aromatic nitrogens is 3. The minimum atomic E-state index is 0.457. The van der Waals surface area contributed by atoms with Gasteiger partial charge in [-0.1, -0.05) is 0 Å². The van der Waals surface area contributed by atoms with Crippen LogP contribution in [0, 0.1) is 5.92 Å². The molecule has 0 aliphatic carbocycles. The zero-order valence-corrected chi connectivity index (χ0v) is 8.44. The standard InChI is InChI=1S/C9H16N4O/c1-14-9-11-7-13(12-9)6-8-2-4-10-5-3-8/h7-8,10H,2-6H2,1H3. The fourth-order valence-electron chi connectivity index (χ4n) is 1.79. The zero-order valence-electron chi connectivity index (χ0n) is 8.44. The molecule has 0 spiro atoms. The van der Waals surface area contributed by atoms with Crippen LogP contribution in [0.3, 0.4) is 0 Å². The van der Waals surface area contributed by atoms with Crippen molar-refractivity contribution in [2.45, 2.75) is 19.4 Å². The molecule has 1 aromatic rings. The first-order valence-corrected chi connectivity index (χ1v) is 5.02. The molecule has 0 radical (unpaired) electrons. The Morgan fingerprint density at radius 1 is 1.57 bits per heavy atom. The Morgan fingerprint density at radius 3 is 3.00 bits per heavy atom. The van der Waals surface area contributed by atoms with E-state index in [0.29, 0.717) is 6.01 Å². The molecule has 0 bridgehead atoms. The first-order chi connectivity index (χ1) is 6.88. The summed E-state index contributed by atoms with van der Waals surface area (Å²) >= 11 is 0. The average molecular weight is 196 g/mol. The highest BCUT2D eigenvalue weighted by Gasteiger charge is 2.14. The van der Waals surface area contributed by atoms with Crippen LogP contribution in [0.25, 0.3) is 0 Å². The predicted molar refractivity (Wildman–Crippen MR) is 52.2 cm³/mol. The molecule has 1 fully saturated rings. The monoisotopic (exact) mass is 196 g/mol. The van der Waals surface area contributed by atoms with Gasteiger partial charge in [-0.15, -0.1) is 5.10 Å². The summed E-state index contributed by atoms with van der Waals surface area (Å²) in [6.07, 6.45) is 4.19. The Labute approximate surface area is 83.5 Å². The zero-order chi connectivity index (χ0) is 9.80. The Morgan fingerprint density at radius 2 is 2.36 bits per heavy atom. The molecule has 1 aliphatic rings. The fourth-order valence-corrected chi connectivity index (χ4v) is 1.79. The number of piperidine rings is 1.